The first kappa shape index (κ1) is 17.4. The molecule has 9 nitrogen and oxygen atoms in total. The van der Waals surface area contributed by atoms with Gasteiger partial charge in [0.15, 0.2) is 5.82 Å². The van der Waals surface area contributed by atoms with E-state index >= 15 is 0 Å². The van der Waals surface area contributed by atoms with E-state index in [0.717, 1.165) is 47.8 Å². The van der Waals surface area contributed by atoms with Crippen LogP contribution in [0.3, 0.4) is 0 Å². The highest BCUT2D eigenvalue weighted by Gasteiger charge is 2.22. The lowest BCUT2D eigenvalue weighted by Crippen LogP contribution is -2.27. The monoisotopic (exact) mass is 389 g/mol. The summed E-state index contributed by atoms with van der Waals surface area (Å²) >= 11 is 0. The van der Waals surface area contributed by atoms with Crippen molar-refractivity contribution in [2.45, 2.75) is 12.5 Å². The lowest BCUT2D eigenvalue weighted by atomic mass is 10.1. The van der Waals surface area contributed by atoms with Gasteiger partial charge < -0.3 is 20.1 Å². The number of nitrogens with two attached hydrogens (primary N) is 1. The summed E-state index contributed by atoms with van der Waals surface area (Å²) in [7, 11) is 0. The van der Waals surface area contributed by atoms with Gasteiger partial charge in [0, 0.05) is 31.5 Å². The minimum atomic E-state index is -1.15. The van der Waals surface area contributed by atoms with Crippen molar-refractivity contribution < 1.29 is 9.90 Å². The fourth-order valence-corrected chi connectivity index (χ4v) is 3.76. The maximum atomic E-state index is 11.0. The second-order valence-electron chi connectivity index (χ2n) is 7.08. The Morgan fingerprint density at radius 3 is 2.66 bits per heavy atom. The first-order chi connectivity index (χ1) is 14.1. The highest BCUT2D eigenvalue weighted by Crippen LogP contribution is 2.29. The molecule has 146 valence electrons. The summed E-state index contributed by atoms with van der Waals surface area (Å²) in [6.07, 6.45) is 6.13. The summed E-state index contributed by atoms with van der Waals surface area (Å²) in [6.45, 7) is 1.73. The van der Waals surface area contributed by atoms with E-state index in [0.29, 0.717) is 0 Å². The zero-order valence-electron chi connectivity index (χ0n) is 15.5. The molecule has 1 saturated heterocycles. The smallest absolute Gasteiger partial charge is 0.375 e. The van der Waals surface area contributed by atoms with Crippen LogP contribution in [0.5, 0.6) is 0 Å². The van der Waals surface area contributed by atoms with Crippen LogP contribution in [0.15, 0.2) is 55.1 Å². The average Bonchev–Trinajstić information content (AvgIpc) is 3.47. The summed E-state index contributed by atoms with van der Waals surface area (Å²) in [5.41, 5.74) is 9.92. The third-order valence-electron chi connectivity index (χ3n) is 5.19. The Bertz CT molecular complexity index is 1200. The van der Waals surface area contributed by atoms with Crippen molar-refractivity contribution >= 4 is 17.3 Å². The number of hydrogen-bond donors (Lipinski definition) is 2. The molecule has 1 aromatic carbocycles. The first-order valence-corrected chi connectivity index (χ1v) is 9.32. The van der Waals surface area contributed by atoms with Crippen LogP contribution in [0.1, 0.15) is 17.0 Å². The Labute approximate surface area is 166 Å². The molecule has 9 heteroatoms. The van der Waals surface area contributed by atoms with Gasteiger partial charge in [-0.25, -0.2) is 19.4 Å². The van der Waals surface area contributed by atoms with Crippen molar-refractivity contribution in [3.8, 4) is 16.9 Å². The number of fused-ring (bicyclic) bond motifs is 1. The van der Waals surface area contributed by atoms with E-state index in [1.54, 1.807) is 0 Å². The molecule has 1 unspecified atom stereocenters. The van der Waals surface area contributed by atoms with Gasteiger partial charge in [-0.05, 0) is 36.2 Å². The van der Waals surface area contributed by atoms with E-state index in [4.69, 9.17) is 10.8 Å². The van der Waals surface area contributed by atoms with Gasteiger partial charge >= 0.3 is 5.97 Å². The number of benzene rings is 1. The Balaban J connectivity index is 1.48. The van der Waals surface area contributed by atoms with Crippen molar-refractivity contribution in [3.05, 3.63) is 60.9 Å². The molecule has 0 bridgehead atoms. The van der Waals surface area contributed by atoms with Gasteiger partial charge in [-0.15, -0.1) is 5.10 Å². The molecule has 0 radical (unpaired) electrons. The topological polar surface area (TPSA) is 115 Å². The summed E-state index contributed by atoms with van der Waals surface area (Å²) in [5, 5.41) is 12.9. The van der Waals surface area contributed by atoms with Crippen molar-refractivity contribution in [2.24, 2.45) is 5.73 Å². The van der Waals surface area contributed by atoms with Gasteiger partial charge in [0.2, 0.25) is 0 Å². The van der Waals surface area contributed by atoms with Gasteiger partial charge in [0.25, 0.3) is 5.82 Å². The number of anilines is 1. The van der Waals surface area contributed by atoms with Gasteiger partial charge in [0.1, 0.15) is 6.33 Å². The summed E-state index contributed by atoms with van der Waals surface area (Å²) in [5.74, 6) is -0.427. The highest BCUT2D eigenvalue weighted by atomic mass is 16.4. The molecule has 1 fully saturated rings. The first-order valence-electron chi connectivity index (χ1n) is 9.32. The largest absolute Gasteiger partial charge is 0.475 e. The zero-order valence-corrected chi connectivity index (χ0v) is 15.5. The second kappa shape index (κ2) is 6.71. The Morgan fingerprint density at radius 1 is 1.14 bits per heavy atom. The number of carbonyl (C=O) groups is 1. The molecular formula is C20H19N7O2. The minimum Gasteiger partial charge on any atom is -0.475 e. The number of nitrogens with zero attached hydrogens (tertiary/aromatic N) is 6. The van der Waals surface area contributed by atoms with Gasteiger partial charge in [-0.3, -0.25) is 0 Å². The molecule has 1 atom stereocenters. The van der Waals surface area contributed by atoms with Crippen LogP contribution in [0.4, 0.5) is 5.82 Å². The van der Waals surface area contributed by atoms with E-state index in [1.807, 2.05) is 36.7 Å². The number of rotatable bonds is 4. The molecule has 0 saturated carbocycles. The number of aromatic nitrogens is 5. The summed E-state index contributed by atoms with van der Waals surface area (Å²) < 4.78 is 3.57. The Hall–Kier alpha value is -3.72. The maximum absolute atomic E-state index is 11.0. The molecule has 5 rings (SSSR count). The van der Waals surface area contributed by atoms with Crippen LogP contribution < -0.4 is 10.6 Å². The van der Waals surface area contributed by atoms with Crippen molar-refractivity contribution in [1.82, 2.24) is 24.1 Å². The standard InChI is InChI=1S/C20H19N7O2/c21-14-7-9-25(11-14)19-17-6-5-16(26(17)10-8-22-19)13-1-3-15(4-2-13)27-12-23-18(24-27)20(28)29/h1-6,8,10,12,14H,7,9,11,21H2,(H,28,29). The van der Waals surface area contributed by atoms with Crippen LogP contribution in [-0.2, 0) is 0 Å². The van der Waals surface area contributed by atoms with Crippen molar-refractivity contribution in [2.75, 3.05) is 18.0 Å². The van der Waals surface area contributed by atoms with Crippen LogP contribution in [0, 0.1) is 0 Å². The molecule has 0 amide bonds. The van der Waals surface area contributed by atoms with Crippen LogP contribution in [0.2, 0.25) is 0 Å². The summed E-state index contributed by atoms with van der Waals surface area (Å²) in [4.78, 5) is 21.6. The van der Waals surface area contributed by atoms with Crippen LogP contribution in [-0.4, -0.2) is 54.4 Å². The van der Waals surface area contributed by atoms with Gasteiger partial charge in [0.05, 0.1) is 16.9 Å². The molecule has 4 heterocycles. The summed E-state index contributed by atoms with van der Waals surface area (Å²) in [6, 6.07) is 12.1. The third-order valence-corrected chi connectivity index (χ3v) is 5.19. The minimum absolute atomic E-state index is 0.192. The quantitative estimate of drug-likeness (QED) is 0.547. The van der Waals surface area contributed by atoms with Crippen molar-refractivity contribution in [3.63, 3.8) is 0 Å². The molecule has 4 aromatic rings. The number of carboxylic acids is 1. The molecule has 3 N–H and O–H groups in total. The van der Waals surface area contributed by atoms with Gasteiger partial charge in [-0.2, -0.15) is 0 Å². The Morgan fingerprint density at radius 2 is 1.97 bits per heavy atom. The lowest BCUT2D eigenvalue weighted by Gasteiger charge is -2.18. The average molecular weight is 389 g/mol. The number of carboxylic acid groups (broad SMARTS) is 1. The van der Waals surface area contributed by atoms with Crippen LogP contribution >= 0.6 is 0 Å². The fourth-order valence-electron chi connectivity index (χ4n) is 3.76. The highest BCUT2D eigenvalue weighted by molar-refractivity contribution is 5.82. The van der Waals surface area contributed by atoms with E-state index in [-0.39, 0.29) is 11.9 Å². The predicted molar refractivity (Wildman–Crippen MR) is 107 cm³/mol. The molecule has 3 aromatic heterocycles. The van der Waals surface area contributed by atoms with E-state index in [2.05, 4.69) is 36.5 Å². The van der Waals surface area contributed by atoms with E-state index in [9.17, 15) is 4.79 Å². The number of hydrogen-bond acceptors (Lipinski definition) is 6. The lowest BCUT2D eigenvalue weighted by molar-refractivity contribution is 0.0683. The zero-order chi connectivity index (χ0) is 20.0. The predicted octanol–water partition coefficient (Wildman–Crippen LogP) is 1.82. The SMILES string of the molecule is NC1CCN(c2nccn3c(-c4ccc(-n5cnc(C(=O)O)n5)cc4)ccc23)C1. The van der Waals surface area contributed by atoms with E-state index < -0.39 is 5.97 Å². The van der Waals surface area contributed by atoms with Gasteiger partial charge in [-0.1, -0.05) is 12.1 Å². The molecular weight excluding hydrogens is 370 g/mol. The van der Waals surface area contributed by atoms with Crippen LogP contribution in [0.25, 0.3) is 22.5 Å². The molecule has 0 spiro atoms. The fraction of sp³-hybridized carbons (Fsp3) is 0.200. The Kier molecular flexibility index (Phi) is 4.02. The second-order valence-corrected chi connectivity index (χ2v) is 7.08. The molecule has 1 aliphatic rings. The molecule has 1 aliphatic heterocycles. The molecule has 0 aliphatic carbocycles. The number of aromatic carboxylic acids is 1. The third kappa shape index (κ3) is 3.01. The molecule has 29 heavy (non-hydrogen) atoms. The maximum Gasteiger partial charge on any atom is 0.375 e. The van der Waals surface area contributed by atoms with Crippen molar-refractivity contribution in [1.29, 1.82) is 0 Å². The normalized spacial score (nSPS) is 16.6. The van der Waals surface area contributed by atoms with E-state index in [1.165, 1.54) is 11.0 Å².